The van der Waals surface area contributed by atoms with Crippen molar-refractivity contribution in [1.29, 1.82) is 0 Å². The summed E-state index contributed by atoms with van der Waals surface area (Å²) in [5, 5.41) is 11.4. The number of aromatic nitrogens is 1. The average molecular weight is 572 g/mol. The minimum atomic E-state index is -0.632. The SMILES string of the molecule is Cc1cccc([C@H]2CN([C@H](CC3CCC3)C(=O)O)C[C@@H]2CN2CCC(c3sc(Cc4ccccc4)nc3C)CC2)c1. The van der Waals surface area contributed by atoms with Crippen molar-refractivity contribution in [2.45, 2.75) is 76.7 Å². The molecule has 0 amide bonds. The molecular formula is C35H45N3O2S. The molecule has 5 nitrogen and oxygen atoms in total. The number of aliphatic carboxylic acids is 1. The molecule has 3 fully saturated rings. The summed E-state index contributed by atoms with van der Waals surface area (Å²) in [6.45, 7) is 9.37. The lowest BCUT2D eigenvalue weighted by Gasteiger charge is -2.35. The molecule has 0 radical (unpaired) electrons. The predicted octanol–water partition coefficient (Wildman–Crippen LogP) is 6.89. The lowest BCUT2D eigenvalue weighted by Crippen LogP contribution is -2.43. The largest absolute Gasteiger partial charge is 0.480 e. The zero-order valence-electron chi connectivity index (χ0n) is 24.7. The van der Waals surface area contributed by atoms with Crippen LogP contribution in [0.5, 0.6) is 0 Å². The van der Waals surface area contributed by atoms with E-state index in [1.165, 1.54) is 64.4 Å². The summed E-state index contributed by atoms with van der Waals surface area (Å²) < 4.78 is 0. The van der Waals surface area contributed by atoms with E-state index in [4.69, 9.17) is 4.98 Å². The molecule has 0 bridgehead atoms. The number of hydrogen-bond donors (Lipinski definition) is 1. The molecule has 2 saturated heterocycles. The number of hydrogen-bond acceptors (Lipinski definition) is 5. The Hall–Kier alpha value is -2.54. The van der Waals surface area contributed by atoms with Gasteiger partial charge in [-0.05, 0) is 75.1 Å². The van der Waals surface area contributed by atoms with Crippen LogP contribution in [-0.4, -0.2) is 64.6 Å². The van der Waals surface area contributed by atoms with Crippen molar-refractivity contribution in [1.82, 2.24) is 14.8 Å². The van der Waals surface area contributed by atoms with Gasteiger partial charge in [-0.15, -0.1) is 11.3 Å². The highest BCUT2D eigenvalue weighted by Crippen LogP contribution is 2.40. The Kier molecular flexibility index (Phi) is 8.90. The summed E-state index contributed by atoms with van der Waals surface area (Å²) in [7, 11) is 0. The van der Waals surface area contributed by atoms with Crippen LogP contribution in [-0.2, 0) is 11.2 Å². The van der Waals surface area contributed by atoms with Gasteiger partial charge < -0.3 is 10.0 Å². The van der Waals surface area contributed by atoms with Gasteiger partial charge in [0.25, 0.3) is 0 Å². The van der Waals surface area contributed by atoms with Gasteiger partial charge in [0.15, 0.2) is 0 Å². The van der Waals surface area contributed by atoms with Crippen LogP contribution < -0.4 is 0 Å². The number of carboxylic acids is 1. The molecule has 6 heteroatoms. The molecule has 3 atom stereocenters. The number of piperidine rings is 1. The van der Waals surface area contributed by atoms with Crippen molar-refractivity contribution in [2.24, 2.45) is 11.8 Å². The van der Waals surface area contributed by atoms with E-state index in [9.17, 15) is 9.90 Å². The maximum Gasteiger partial charge on any atom is 0.320 e. The fourth-order valence-electron chi connectivity index (χ4n) is 7.47. The Morgan fingerprint density at radius 3 is 2.49 bits per heavy atom. The topological polar surface area (TPSA) is 56.7 Å². The normalized spacial score (nSPS) is 23.5. The van der Waals surface area contributed by atoms with Gasteiger partial charge >= 0.3 is 5.97 Å². The first kappa shape index (κ1) is 28.6. The zero-order chi connectivity index (χ0) is 28.3. The van der Waals surface area contributed by atoms with Crippen LogP contribution in [0.25, 0.3) is 0 Å². The molecule has 3 heterocycles. The summed E-state index contributed by atoms with van der Waals surface area (Å²) in [6, 6.07) is 19.2. The van der Waals surface area contributed by atoms with Gasteiger partial charge in [0.2, 0.25) is 0 Å². The van der Waals surface area contributed by atoms with E-state index in [0.717, 1.165) is 45.6 Å². The number of aryl methyl sites for hydroxylation is 2. The molecule has 218 valence electrons. The summed E-state index contributed by atoms with van der Waals surface area (Å²) in [6.07, 6.45) is 7.75. The number of thiazole rings is 1. The van der Waals surface area contributed by atoms with Crippen molar-refractivity contribution >= 4 is 17.3 Å². The summed E-state index contributed by atoms with van der Waals surface area (Å²) in [4.78, 5) is 23.8. The molecule has 0 spiro atoms. The van der Waals surface area contributed by atoms with Crippen molar-refractivity contribution in [2.75, 3.05) is 32.7 Å². The number of carbonyl (C=O) groups is 1. The predicted molar refractivity (Wildman–Crippen MR) is 167 cm³/mol. The standard InChI is InChI=1S/C35H45N3O2S/c1-24-8-6-13-29(18-24)31-23-38(32(35(39)40)19-26-11-7-12-26)22-30(31)21-37-16-14-28(15-17-37)34-25(2)36-33(41-34)20-27-9-4-3-5-10-27/h3-6,8-10,13,18,26,28,30-32H,7,11-12,14-17,19-23H2,1-2H3,(H,39,40)/t30-,31+,32+/m0/s1. The molecule has 2 aromatic carbocycles. The molecule has 1 N–H and O–H groups in total. The Labute approximate surface area is 249 Å². The minimum absolute atomic E-state index is 0.345. The third kappa shape index (κ3) is 6.76. The number of nitrogens with zero attached hydrogens (tertiary/aromatic N) is 3. The quantitative estimate of drug-likeness (QED) is 0.287. The fraction of sp³-hybridized carbons (Fsp3) is 0.543. The monoisotopic (exact) mass is 571 g/mol. The second kappa shape index (κ2) is 12.8. The highest BCUT2D eigenvalue weighted by molar-refractivity contribution is 7.11. The van der Waals surface area contributed by atoms with Gasteiger partial charge in [-0.25, -0.2) is 4.98 Å². The summed E-state index contributed by atoms with van der Waals surface area (Å²) >= 11 is 1.92. The first-order valence-corrected chi connectivity index (χ1v) is 16.5. The Balaban J connectivity index is 1.11. The third-order valence-corrected chi connectivity index (χ3v) is 11.3. The molecule has 2 aliphatic heterocycles. The maximum absolute atomic E-state index is 12.4. The van der Waals surface area contributed by atoms with E-state index in [1.54, 1.807) is 0 Å². The fourth-order valence-corrected chi connectivity index (χ4v) is 8.74. The number of likely N-dealkylation sites (tertiary alicyclic amines) is 2. The maximum atomic E-state index is 12.4. The third-order valence-electron chi connectivity index (χ3n) is 9.97. The molecule has 41 heavy (non-hydrogen) atoms. The van der Waals surface area contributed by atoms with Gasteiger partial charge in [-0.1, -0.05) is 79.4 Å². The van der Waals surface area contributed by atoms with Gasteiger partial charge in [0.1, 0.15) is 6.04 Å². The minimum Gasteiger partial charge on any atom is -0.480 e. The van der Waals surface area contributed by atoms with Crippen LogP contribution in [0.4, 0.5) is 0 Å². The van der Waals surface area contributed by atoms with E-state index in [0.29, 0.717) is 23.7 Å². The van der Waals surface area contributed by atoms with Crippen LogP contribution in [0.15, 0.2) is 54.6 Å². The van der Waals surface area contributed by atoms with Crippen LogP contribution in [0.3, 0.4) is 0 Å². The molecule has 0 unspecified atom stereocenters. The molecule has 6 rings (SSSR count). The molecule has 3 aromatic rings. The second-order valence-electron chi connectivity index (χ2n) is 12.9. The molecule has 1 saturated carbocycles. The highest BCUT2D eigenvalue weighted by atomic mass is 32.1. The van der Waals surface area contributed by atoms with Crippen LogP contribution in [0, 0.1) is 25.7 Å². The second-order valence-corrected chi connectivity index (χ2v) is 14.0. The lowest BCUT2D eigenvalue weighted by atomic mass is 9.80. The van der Waals surface area contributed by atoms with Crippen molar-refractivity contribution in [3.63, 3.8) is 0 Å². The van der Waals surface area contributed by atoms with Gasteiger partial charge in [-0.2, -0.15) is 0 Å². The van der Waals surface area contributed by atoms with Crippen molar-refractivity contribution < 1.29 is 9.90 Å². The molecule has 1 aromatic heterocycles. The van der Waals surface area contributed by atoms with Gasteiger partial charge in [0, 0.05) is 36.9 Å². The van der Waals surface area contributed by atoms with Crippen LogP contribution in [0.1, 0.15) is 82.6 Å². The average Bonchev–Trinajstić information content (AvgIpc) is 3.51. The van der Waals surface area contributed by atoms with E-state index in [1.807, 2.05) is 11.3 Å². The van der Waals surface area contributed by atoms with E-state index < -0.39 is 5.97 Å². The highest BCUT2D eigenvalue weighted by Gasteiger charge is 2.41. The lowest BCUT2D eigenvalue weighted by molar-refractivity contribution is -0.144. The van der Waals surface area contributed by atoms with E-state index >= 15 is 0 Å². The smallest absolute Gasteiger partial charge is 0.320 e. The van der Waals surface area contributed by atoms with Crippen molar-refractivity contribution in [3.05, 3.63) is 86.9 Å². The number of benzene rings is 2. The zero-order valence-corrected chi connectivity index (χ0v) is 25.5. The summed E-state index contributed by atoms with van der Waals surface area (Å²) in [5.41, 5.74) is 5.22. The Morgan fingerprint density at radius 2 is 1.80 bits per heavy atom. The van der Waals surface area contributed by atoms with Gasteiger partial charge in [0.05, 0.1) is 10.7 Å². The molecular weight excluding hydrogens is 526 g/mol. The number of carboxylic acid groups (broad SMARTS) is 1. The molecule has 3 aliphatic rings. The van der Waals surface area contributed by atoms with E-state index in [-0.39, 0.29) is 6.04 Å². The van der Waals surface area contributed by atoms with Crippen LogP contribution in [0.2, 0.25) is 0 Å². The first-order chi connectivity index (χ1) is 19.9. The number of rotatable bonds is 10. The van der Waals surface area contributed by atoms with Crippen LogP contribution >= 0.6 is 11.3 Å². The first-order valence-electron chi connectivity index (χ1n) is 15.7. The van der Waals surface area contributed by atoms with E-state index in [2.05, 4.69) is 78.2 Å². The van der Waals surface area contributed by atoms with Gasteiger partial charge in [-0.3, -0.25) is 9.69 Å². The van der Waals surface area contributed by atoms with Crippen molar-refractivity contribution in [3.8, 4) is 0 Å². The molecule has 1 aliphatic carbocycles. The Morgan fingerprint density at radius 1 is 1.02 bits per heavy atom. The summed E-state index contributed by atoms with van der Waals surface area (Å²) in [5.74, 6) is 1.40. The Bertz CT molecular complexity index is 1310.